The zero-order chi connectivity index (χ0) is 38.6. The van der Waals surface area contributed by atoms with Gasteiger partial charge in [0, 0.05) is 36.1 Å². The van der Waals surface area contributed by atoms with Crippen molar-refractivity contribution < 1.29 is 36.2 Å². The van der Waals surface area contributed by atoms with Gasteiger partial charge in [-0.2, -0.15) is 27.4 Å². The predicted octanol–water partition coefficient (Wildman–Crippen LogP) is 3.51. The van der Waals surface area contributed by atoms with Gasteiger partial charge in [-0.1, -0.05) is 0 Å². The van der Waals surface area contributed by atoms with E-state index in [1.54, 1.807) is 19.1 Å². The maximum atomic E-state index is 12.4. The molecule has 0 aliphatic heterocycles. The lowest BCUT2D eigenvalue weighted by Gasteiger charge is -2.10. The molecule has 0 saturated heterocycles. The molecular formula is C29H28N10O10S2. The van der Waals surface area contributed by atoms with Crippen molar-refractivity contribution >= 4 is 54.4 Å². The number of nitrogen functional groups attached to an aromatic ring is 2. The van der Waals surface area contributed by atoms with Crippen molar-refractivity contribution in [1.82, 2.24) is 9.13 Å². The summed E-state index contributed by atoms with van der Waals surface area (Å²) in [5.41, 5.74) is 8.71. The van der Waals surface area contributed by atoms with Crippen LogP contribution >= 0.6 is 0 Å². The minimum atomic E-state index is -4.62. The molecule has 0 saturated carbocycles. The molecule has 266 valence electrons. The number of aromatic nitrogens is 2. The average Bonchev–Trinajstić information content (AvgIpc) is 3.04. The number of nitrogens with two attached hydrogens (primary N) is 2. The Labute approximate surface area is 289 Å². The number of nitrogens with zero attached hydrogens (tertiary/aromatic N) is 8. The Morgan fingerprint density at radius 2 is 1.20 bits per heavy atom. The number of rotatable bonds is 7. The molecule has 0 atom stereocenters. The normalized spacial score (nSPS) is 11.6. The average molecular weight is 741 g/mol. The van der Waals surface area contributed by atoms with Crippen LogP contribution in [0.5, 0.6) is 11.8 Å². The first-order valence-electron chi connectivity index (χ1n) is 14.0. The molecule has 0 radical (unpaired) electrons. The molecule has 0 unspecified atom stereocenters. The van der Waals surface area contributed by atoms with Gasteiger partial charge in [0.1, 0.15) is 44.4 Å². The van der Waals surface area contributed by atoms with Gasteiger partial charge in [-0.15, -0.1) is 20.5 Å². The smallest absolute Gasteiger partial charge is 0.296 e. The van der Waals surface area contributed by atoms with Crippen LogP contribution in [0.4, 0.5) is 34.1 Å². The number of pyridine rings is 2. The lowest BCUT2D eigenvalue weighted by atomic mass is 10.1. The third-order valence-electron chi connectivity index (χ3n) is 7.01. The predicted molar refractivity (Wildman–Crippen MR) is 180 cm³/mol. The summed E-state index contributed by atoms with van der Waals surface area (Å²) in [6, 6.07) is 10.5. The van der Waals surface area contributed by atoms with E-state index >= 15 is 0 Å². The Morgan fingerprint density at radius 3 is 1.71 bits per heavy atom. The molecule has 0 bridgehead atoms. The van der Waals surface area contributed by atoms with E-state index in [2.05, 4.69) is 20.5 Å². The van der Waals surface area contributed by atoms with Gasteiger partial charge < -0.3 is 21.7 Å². The molecule has 2 heterocycles. The minimum Gasteiger partial charge on any atom is -0.493 e. The van der Waals surface area contributed by atoms with Crippen LogP contribution in [-0.2, 0) is 33.8 Å². The van der Waals surface area contributed by atoms with Gasteiger partial charge in [0.2, 0.25) is 11.8 Å². The van der Waals surface area contributed by atoms with E-state index < -0.39 is 52.9 Å². The van der Waals surface area contributed by atoms with Gasteiger partial charge in [-0.3, -0.25) is 27.8 Å². The molecule has 0 fully saturated rings. The van der Waals surface area contributed by atoms with Gasteiger partial charge in [-0.25, -0.2) is 0 Å². The van der Waals surface area contributed by atoms with Gasteiger partial charge in [0.25, 0.3) is 31.4 Å². The van der Waals surface area contributed by atoms with Crippen molar-refractivity contribution in [2.24, 2.45) is 27.5 Å². The summed E-state index contributed by atoms with van der Waals surface area (Å²) >= 11 is 0. The quantitative estimate of drug-likeness (QED) is 0.0897. The molecule has 0 amide bonds. The summed E-state index contributed by atoms with van der Waals surface area (Å²) in [5, 5.41) is 52.9. The first-order valence-corrected chi connectivity index (χ1v) is 16.8. The van der Waals surface area contributed by atoms with Gasteiger partial charge >= 0.3 is 0 Å². The third kappa shape index (κ3) is 8.23. The molecule has 0 spiro atoms. The Kier molecular flexibility index (Phi) is 11.4. The fraction of sp³-hybridized carbons (Fsp3) is 0.172. The molecule has 0 aliphatic carbocycles. The number of hydrogen-bond donors (Lipinski definition) is 6. The van der Waals surface area contributed by atoms with E-state index in [9.17, 15) is 51.0 Å². The summed E-state index contributed by atoms with van der Waals surface area (Å²) < 4.78 is 65.9. The fourth-order valence-corrected chi connectivity index (χ4v) is 5.59. The highest BCUT2D eigenvalue weighted by atomic mass is 32.2. The van der Waals surface area contributed by atoms with Crippen molar-refractivity contribution in [3.63, 3.8) is 0 Å². The third-order valence-corrected chi connectivity index (χ3v) is 8.80. The number of nitriles is 2. The van der Waals surface area contributed by atoms with Crippen molar-refractivity contribution in [1.29, 1.82) is 10.5 Å². The molecule has 4 rings (SSSR count). The zero-order valence-corrected chi connectivity index (χ0v) is 28.6. The van der Waals surface area contributed by atoms with E-state index in [4.69, 9.17) is 16.7 Å². The number of aromatic hydroxyl groups is 2. The van der Waals surface area contributed by atoms with E-state index in [0.717, 1.165) is 27.3 Å². The highest BCUT2D eigenvalue weighted by Gasteiger charge is 2.21. The Bertz CT molecular complexity index is 2560. The Morgan fingerprint density at radius 1 is 0.725 bits per heavy atom. The number of anilines is 2. The fourth-order valence-electron chi connectivity index (χ4n) is 4.33. The summed E-state index contributed by atoms with van der Waals surface area (Å²) in [5.74, 6) is -1.01. The molecule has 2 aromatic heterocycles. The topological polar surface area (TPSA) is 342 Å². The molecular weight excluding hydrogens is 713 g/mol. The van der Waals surface area contributed by atoms with Crippen molar-refractivity contribution in [3.05, 3.63) is 79.4 Å². The number of benzene rings is 2. The SMILES string of the molecule is CCn1c(O)c(C#N)c(C)c(N=Nc2ccc(N)cc2S(=O)(=O)O)c1=O.Cc1c(C#N)c(O)n(C)c(=O)c1N=Nc1cc(N)ccc1S(=O)(=O)O. The van der Waals surface area contributed by atoms with E-state index in [1.807, 2.05) is 0 Å². The Balaban J connectivity index is 0.000000276. The van der Waals surface area contributed by atoms with Crippen LogP contribution in [0.15, 0.2) is 76.2 Å². The van der Waals surface area contributed by atoms with Gasteiger partial charge in [0.15, 0.2) is 11.4 Å². The first-order chi connectivity index (χ1) is 23.7. The first kappa shape index (κ1) is 39.0. The largest absolute Gasteiger partial charge is 0.493 e. The number of azo groups is 2. The van der Waals surface area contributed by atoms with Crippen molar-refractivity contribution in [2.75, 3.05) is 11.5 Å². The van der Waals surface area contributed by atoms with E-state index in [1.165, 1.54) is 39.1 Å². The second kappa shape index (κ2) is 15.0. The number of hydrogen-bond acceptors (Lipinski definition) is 16. The van der Waals surface area contributed by atoms with E-state index in [0.29, 0.717) is 0 Å². The second-order valence-electron chi connectivity index (χ2n) is 10.3. The molecule has 8 N–H and O–H groups in total. The van der Waals surface area contributed by atoms with Crippen LogP contribution in [0, 0.1) is 36.5 Å². The van der Waals surface area contributed by atoms with Gasteiger partial charge in [0.05, 0.1) is 0 Å². The van der Waals surface area contributed by atoms with Crippen LogP contribution < -0.4 is 22.6 Å². The molecule has 51 heavy (non-hydrogen) atoms. The summed E-state index contributed by atoms with van der Waals surface area (Å²) in [7, 11) is -7.97. The highest BCUT2D eigenvalue weighted by Crippen LogP contribution is 2.32. The summed E-state index contributed by atoms with van der Waals surface area (Å²) in [4.78, 5) is 23.5. The monoisotopic (exact) mass is 740 g/mol. The molecule has 22 heteroatoms. The zero-order valence-electron chi connectivity index (χ0n) is 27.0. The van der Waals surface area contributed by atoms with Gasteiger partial charge in [-0.05, 0) is 57.2 Å². The van der Waals surface area contributed by atoms with E-state index in [-0.39, 0.29) is 62.9 Å². The molecule has 4 aromatic rings. The maximum absolute atomic E-state index is 12.4. The molecule has 2 aromatic carbocycles. The van der Waals surface area contributed by atoms with Crippen LogP contribution in [0.2, 0.25) is 0 Å². The minimum absolute atomic E-state index is 0.0733. The lowest BCUT2D eigenvalue weighted by molar-refractivity contribution is 0.409. The Hall–Kier alpha value is -6.46. The maximum Gasteiger partial charge on any atom is 0.296 e. The molecule has 20 nitrogen and oxygen atoms in total. The van der Waals surface area contributed by atoms with Crippen LogP contribution in [0.3, 0.4) is 0 Å². The van der Waals surface area contributed by atoms with Crippen LogP contribution in [-0.4, -0.2) is 45.3 Å². The summed E-state index contributed by atoms with van der Waals surface area (Å²) in [6.07, 6.45) is 0. The van der Waals surface area contributed by atoms with Crippen LogP contribution in [0.25, 0.3) is 0 Å². The summed E-state index contributed by atoms with van der Waals surface area (Å²) in [6.45, 7) is 4.47. The lowest BCUT2D eigenvalue weighted by Crippen LogP contribution is -2.20. The molecule has 0 aliphatic rings. The van der Waals surface area contributed by atoms with Crippen molar-refractivity contribution in [2.45, 2.75) is 37.1 Å². The van der Waals surface area contributed by atoms with Crippen molar-refractivity contribution in [3.8, 4) is 23.9 Å². The highest BCUT2D eigenvalue weighted by molar-refractivity contribution is 7.86. The standard InChI is InChI=1S/C15H15N5O5S.C14H13N5O5S/c1-3-20-14(21)10(7-16)8(2)13(15(20)22)19-18-11-5-4-9(17)6-12(11)26(23,24)25;1-7-9(6-15)13(20)19(2)14(21)12(7)18-17-10-5-8(16)3-4-11(10)25(22,23)24/h4-6,21H,3,17H2,1-2H3,(H,23,24,25);3-5,20H,16H2,1-2H3,(H,22,23,24). The van der Waals surface area contributed by atoms with Crippen LogP contribution in [0.1, 0.15) is 29.2 Å². The second-order valence-corrected chi connectivity index (χ2v) is 13.1.